The predicted octanol–water partition coefficient (Wildman–Crippen LogP) is 4.15. The van der Waals surface area contributed by atoms with Crippen LogP contribution in [-0.2, 0) is 11.2 Å². The van der Waals surface area contributed by atoms with Gasteiger partial charge in [-0.25, -0.2) is 0 Å². The Labute approximate surface area is 171 Å². The van der Waals surface area contributed by atoms with Crippen molar-refractivity contribution in [1.29, 1.82) is 0 Å². The van der Waals surface area contributed by atoms with Crippen LogP contribution in [0.15, 0.2) is 79.4 Å². The van der Waals surface area contributed by atoms with Gasteiger partial charge in [0.25, 0.3) is 5.91 Å². The molecule has 0 atom stereocenters. The smallest absolute Gasteiger partial charge is 0.258 e. The molecule has 3 aromatic carbocycles. The Hall–Kier alpha value is -3.71. The van der Waals surface area contributed by atoms with Gasteiger partial charge in [-0.05, 0) is 41.0 Å². The minimum atomic E-state index is -0.218. The van der Waals surface area contributed by atoms with Gasteiger partial charge in [0.2, 0.25) is 0 Å². The monoisotopic (exact) mass is 385 g/mol. The number of benzene rings is 3. The number of carbonyl (C=O) groups is 1. The number of rotatable bonds is 8. The van der Waals surface area contributed by atoms with E-state index >= 15 is 0 Å². The van der Waals surface area contributed by atoms with Crippen LogP contribution in [0.4, 0.5) is 0 Å². The third-order valence-corrected chi connectivity index (χ3v) is 4.23. The number of carbonyl (C=O) groups excluding carboxylic acids is 1. The molecule has 0 aliphatic heterocycles. The van der Waals surface area contributed by atoms with Gasteiger partial charge in [-0.3, -0.25) is 4.79 Å². The van der Waals surface area contributed by atoms with Crippen LogP contribution in [-0.4, -0.2) is 25.7 Å². The van der Waals surface area contributed by atoms with E-state index in [1.807, 2.05) is 72.8 Å². The average Bonchev–Trinajstić information content (AvgIpc) is 2.76. The van der Waals surface area contributed by atoms with Gasteiger partial charge in [0.15, 0.2) is 6.61 Å². The van der Waals surface area contributed by atoms with Gasteiger partial charge >= 0.3 is 0 Å². The molecular weight excluding hydrogens is 362 g/mol. The number of amides is 1. The topological polar surface area (TPSA) is 47.6 Å². The maximum Gasteiger partial charge on any atom is 0.258 e. The summed E-state index contributed by atoms with van der Waals surface area (Å²) >= 11 is 0. The zero-order valence-corrected chi connectivity index (χ0v) is 16.2. The molecular formula is C25H23NO3. The average molecular weight is 385 g/mol. The number of hydrogen-bond donors (Lipinski definition) is 1. The van der Waals surface area contributed by atoms with E-state index in [0.29, 0.717) is 5.75 Å². The maximum atomic E-state index is 11.9. The summed E-state index contributed by atoms with van der Waals surface area (Å²) in [5.74, 6) is 7.02. The molecule has 0 saturated heterocycles. The van der Waals surface area contributed by atoms with Crippen molar-refractivity contribution in [1.82, 2.24) is 5.32 Å². The van der Waals surface area contributed by atoms with Crippen molar-refractivity contribution >= 4 is 16.7 Å². The highest BCUT2D eigenvalue weighted by Gasteiger charge is 2.02. The van der Waals surface area contributed by atoms with Crippen LogP contribution < -0.4 is 14.8 Å². The quantitative estimate of drug-likeness (QED) is 0.468. The lowest BCUT2D eigenvalue weighted by Crippen LogP contribution is -2.29. The number of allylic oxidation sites excluding steroid dienone is 1. The summed E-state index contributed by atoms with van der Waals surface area (Å²) in [4.78, 5) is 11.9. The summed E-state index contributed by atoms with van der Waals surface area (Å²) in [5, 5.41) is 4.92. The van der Waals surface area contributed by atoms with Gasteiger partial charge in [0.1, 0.15) is 18.1 Å². The molecule has 0 aliphatic rings. The first-order valence-corrected chi connectivity index (χ1v) is 9.42. The first-order chi connectivity index (χ1) is 14.3. The summed E-state index contributed by atoms with van der Waals surface area (Å²) in [6.07, 6.45) is 2.58. The highest BCUT2D eigenvalue weighted by atomic mass is 16.5. The number of hydrogen-bond acceptors (Lipinski definition) is 3. The van der Waals surface area contributed by atoms with E-state index in [0.717, 1.165) is 28.5 Å². The van der Waals surface area contributed by atoms with Gasteiger partial charge < -0.3 is 14.8 Å². The van der Waals surface area contributed by atoms with Gasteiger partial charge in [0, 0.05) is 0 Å². The third-order valence-electron chi connectivity index (χ3n) is 4.23. The lowest BCUT2D eigenvalue weighted by Gasteiger charge is -2.07. The van der Waals surface area contributed by atoms with E-state index in [1.165, 1.54) is 0 Å². The second-order valence-electron chi connectivity index (χ2n) is 6.32. The summed E-state index contributed by atoms with van der Waals surface area (Å²) in [7, 11) is 0. The lowest BCUT2D eigenvalue weighted by atomic mass is 10.1. The first-order valence-electron chi connectivity index (χ1n) is 9.42. The molecule has 0 radical (unpaired) electrons. The largest absolute Gasteiger partial charge is 0.484 e. The van der Waals surface area contributed by atoms with E-state index in [1.54, 1.807) is 0 Å². The van der Waals surface area contributed by atoms with Crippen LogP contribution in [0.1, 0.15) is 5.56 Å². The normalized spacial score (nSPS) is 9.93. The van der Waals surface area contributed by atoms with E-state index < -0.39 is 0 Å². The molecule has 146 valence electrons. The standard InChI is InChI=1S/C25H23NO3/c1-2-9-21-11-5-6-13-24(21)28-17-8-7-16-26-25(27)19-29-23-15-14-20-10-3-4-12-22(20)18-23/h2-6,10-15,18H,1,9,16-17,19H2,(H,26,27). The third kappa shape index (κ3) is 6.15. The molecule has 29 heavy (non-hydrogen) atoms. The molecule has 0 aliphatic carbocycles. The van der Waals surface area contributed by atoms with Crippen molar-refractivity contribution < 1.29 is 14.3 Å². The number of fused-ring (bicyclic) bond motifs is 1. The molecule has 0 aromatic heterocycles. The Morgan fingerprint density at radius 2 is 1.76 bits per heavy atom. The van der Waals surface area contributed by atoms with Gasteiger partial charge in [-0.1, -0.05) is 66.4 Å². The molecule has 0 spiro atoms. The van der Waals surface area contributed by atoms with Crippen LogP contribution in [0.25, 0.3) is 10.8 Å². The fraction of sp³-hybridized carbons (Fsp3) is 0.160. The highest BCUT2D eigenvalue weighted by molar-refractivity contribution is 5.84. The molecule has 1 N–H and O–H groups in total. The number of para-hydroxylation sites is 1. The van der Waals surface area contributed by atoms with Gasteiger partial charge in [-0.2, -0.15) is 0 Å². The van der Waals surface area contributed by atoms with Crippen LogP contribution in [0.3, 0.4) is 0 Å². The SMILES string of the molecule is C=CCc1ccccc1OCC#CCNC(=O)COc1ccc2ccccc2c1. The summed E-state index contributed by atoms with van der Waals surface area (Å²) in [6.45, 7) is 4.21. The first kappa shape index (κ1) is 20.0. The van der Waals surface area contributed by atoms with Crippen molar-refractivity contribution in [2.24, 2.45) is 0 Å². The Balaban J connectivity index is 1.38. The second kappa shape index (κ2) is 10.6. The summed E-state index contributed by atoms with van der Waals surface area (Å²) in [6, 6.07) is 21.6. The van der Waals surface area contributed by atoms with Crippen molar-refractivity contribution in [2.45, 2.75) is 6.42 Å². The predicted molar refractivity (Wildman–Crippen MR) is 116 cm³/mol. The molecule has 4 heteroatoms. The Morgan fingerprint density at radius 3 is 2.62 bits per heavy atom. The van der Waals surface area contributed by atoms with Crippen LogP contribution >= 0.6 is 0 Å². The Morgan fingerprint density at radius 1 is 0.966 bits per heavy atom. The lowest BCUT2D eigenvalue weighted by molar-refractivity contribution is -0.122. The van der Waals surface area contributed by atoms with Crippen molar-refractivity contribution in [3.8, 4) is 23.3 Å². The molecule has 0 bridgehead atoms. The summed E-state index contributed by atoms with van der Waals surface area (Å²) < 4.78 is 11.2. The molecule has 3 aromatic rings. The van der Waals surface area contributed by atoms with Crippen molar-refractivity contribution in [3.05, 3.63) is 84.9 Å². The van der Waals surface area contributed by atoms with E-state index in [9.17, 15) is 4.79 Å². The molecule has 0 heterocycles. The number of nitrogens with one attached hydrogen (secondary N) is 1. The van der Waals surface area contributed by atoms with E-state index in [2.05, 4.69) is 23.7 Å². The zero-order chi connectivity index (χ0) is 20.3. The Bertz CT molecular complexity index is 1050. The van der Waals surface area contributed by atoms with Crippen LogP contribution in [0.5, 0.6) is 11.5 Å². The Kier molecular flexibility index (Phi) is 7.31. The van der Waals surface area contributed by atoms with Crippen LogP contribution in [0.2, 0.25) is 0 Å². The molecule has 0 saturated carbocycles. The molecule has 1 amide bonds. The fourth-order valence-corrected chi connectivity index (χ4v) is 2.80. The van der Waals surface area contributed by atoms with E-state index in [4.69, 9.17) is 9.47 Å². The van der Waals surface area contributed by atoms with Crippen molar-refractivity contribution in [2.75, 3.05) is 19.8 Å². The molecule has 0 unspecified atom stereocenters. The summed E-state index contributed by atoms with van der Waals surface area (Å²) in [5.41, 5.74) is 1.07. The highest BCUT2D eigenvalue weighted by Crippen LogP contribution is 2.20. The van der Waals surface area contributed by atoms with Gasteiger partial charge in [-0.15, -0.1) is 6.58 Å². The molecule has 3 rings (SSSR count). The minimum absolute atomic E-state index is 0.0501. The fourth-order valence-electron chi connectivity index (χ4n) is 2.80. The van der Waals surface area contributed by atoms with E-state index in [-0.39, 0.29) is 25.7 Å². The molecule has 4 nitrogen and oxygen atoms in total. The minimum Gasteiger partial charge on any atom is -0.484 e. The van der Waals surface area contributed by atoms with Crippen LogP contribution in [0, 0.1) is 11.8 Å². The maximum absolute atomic E-state index is 11.9. The van der Waals surface area contributed by atoms with Gasteiger partial charge in [0.05, 0.1) is 6.54 Å². The number of ether oxygens (including phenoxy) is 2. The van der Waals surface area contributed by atoms with Crippen molar-refractivity contribution in [3.63, 3.8) is 0 Å². The second-order valence-corrected chi connectivity index (χ2v) is 6.32. The molecule has 0 fully saturated rings. The zero-order valence-electron chi connectivity index (χ0n) is 16.2.